The Balaban J connectivity index is 1.34. The zero-order valence-corrected chi connectivity index (χ0v) is 15.9. The van der Waals surface area contributed by atoms with E-state index >= 15 is 0 Å². The van der Waals surface area contributed by atoms with Gasteiger partial charge in [-0.3, -0.25) is 9.59 Å². The molecule has 2 amide bonds. The average Bonchev–Trinajstić information content (AvgIpc) is 3.08. The highest BCUT2D eigenvalue weighted by molar-refractivity contribution is 5.98. The Bertz CT molecular complexity index is 769. The first kappa shape index (κ1) is 18.1. The Morgan fingerprint density at radius 2 is 1.54 bits per heavy atom. The molecule has 1 aromatic rings. The molecule has 28 heavy (non-hydrogen) atoms. The van der Waals surface area contributed by atoms with E-state index in [-0.39, 0.29) is 22.9 Å². The number of hydrogen-bond acceptors (Lipinski definition) is 2. The maximum Gasteiger partial charge on any atom is 0.247 e. The lowest BCUT2D eigenvalue weighted by Gasteiger charge is -2.56. The van der Waals surface area contributed by atoms with Gasteiger partial charge < -0.3 is 10.2 Å². The van der Waals surface area contributed by atoms with Gasteiger partial charge in [0.15, 0.2) is 0 Å². The molecule has 1 heterocycles. The minimum absolute atomic E-state index is 0.0941. The summed E-state index contributed by atoms with van der Waals surface area (Å²) in [6.07, 6.45) is 8.09. The summed E-state index contributed by atoms with van der Waals surface area (Å²) in [5, 5.41) is 2.61. The van der Waals surface area contributed by atoms with Crippen LogP contribution in [-0.4, -0.2) is 29.3 Å². The number of halogens is 2. The molecule has 0 aromatic heterocycles. The number of nitrogens with zero attached hydrogens (tertiary/aromatic N) is 1. The molecule has 150 valence electrons. The van der Waals surface area contributed by atoms with Gasteiger partial charge in [0, 0.05) is 18.3 Å². The van der Waals surface area contributed by atoms with Crippen LogP contribution >= 0.6 is 0 Å². The fourth-order valence-corrected chi connectivity index (χ4v) is 6.81. The largest absolute Gasteiger partial charge is 0.330 e. The Morgan fingerprint density at radius 1 is 0.964 bits per heavy atom. The van der Waals surface area contributed by atoms with Crippen molar-refractivity contribution in [2.24, 2.45) is 23.2 Å². The van der Waals surface area contributed by atoms with Crippen molar-refractivity contribution in [1.82, 2.24) is 4.90 Å². The summed E-state index contributed by atoms with van der Waals surface area (Å²) in [5.74, 6) is 0.336. The molecule has 4 saturated carbocycles. The van der Waals surface area contributed by atoms with Crippen LogP contribution in [0.3, 0.4) is 0 Å². The third kappa shape index (κ3) is 3.01. The maximum absolute atomic E-state index is 13.6. The fourth-order valence-electron chi connectivity index (χ4n) is 6.81. The third-order valence-corrected chi connectivity index (χ3v) is 7.44. The summed E-state index contributed by atoms with van der Waals surface area (Å²) in [7, 11) is 0. The van der Waals surface area contributed by atoms with Gasteiger partial charge in [0.1, 0.15) is 17.7 Å². The molecule has 1 aliphatic heterocycles. The van der Waals surface area contributed by atoms with Crippen LogP contribution in [0, 0.1) is 34.8 Å². The summed E-state index contributed by atoms with van der Waals surface area (Å²) in [4.78, 5) is 28.2. The van der Waals surface area contributed by atoms with Crippen LogP contribution < -0.4 is 5.32 Å². The predicted molar refractivity (Wildman–Crippen MR) is 100 cm³/mol. The van der Waals surface area contributed by atoms with Gasteiger partial charge in [-0.25, -0.2) is 8.78 Å². The summed E-state index contributed by atoms with van der Waals surface area (Å²) in [5.41, 5.74) is -0.181. The van der Waals surface area contributed by atoms with Gasteiger partial charge in [-0.1, -0.05) is 0 Å². The van der Waals surface area contributed by atoms with Crippen LogP contribution in [0.5, 0.6) is 0 Å². The second-order valence-electron chi connectivity index (χ2n) is 9.50. The Labute approximate surface area is 163 Å². The van der Waals surface area contributed by atoms with Crippen LogP contribution in [-0.2, 0) is 9.59 Å². The monoisotopic (exact) mass is 388 g/mol. The van der Waals surface area contributed by atoms with Crippen LogP contribution in [0.1, 0.15) is 51.4 Å². The van der Waals surface area contributed by atoms with Crippen molar-refractivity contribution in [2.75, 3.05) is 11.9 Å². The number of carbonyl (C=O) groups is 2. The van der Waals surface area contributed by atoms with Crippen molar-refractivity contribution in [3.63, 3.8) is 0 Å². The normalized spacial score (nSPS) is 36.0. The predicted octanol–water partition coefficient (Wildman–Crippen LogP) is 4.11. The molecular weight excluding hydrogens is 362 g/mol. The molecule has 4 bridgehead atoms. The number of hydrogen-bond donors (Lipinski definition) is 1. The van der Waals surface area contributed by atoms with Crippen LogP contribution in [0.4, 0.5) is 14.5 Å². The van der Waals surface area contributed by atoms with E-state index in [4.69, 9.17) is 0 Å². The van der Waals surface area contributed by atoms with Gasteiger partial charge in [0.05, 0.1) is 5.41 Å². The van der Waals surface area contributed by atoms with E-state index in [2.05, 4.69) is 5.32 Å². The van der Waals surface area contributed by atoms with E-state index in [1.54, 1.807) is 4.90 Å². The van der Waals surface area contributed by atoms with Gasteiger partial charge in [-0.05, 0) is 81.3 Å². The molecule has 6 rings (SSSR count). The molecule has 1 atom stereocenters. The van der Waals surface area contributed by atoms with Crippen molar-refractivity contribution in [3.05, 3.63) is 29.8 Å². The Hall–Kier alpha value is -1.98. The lowest BCUT2D eigenvalue weighted by Crippen LogP contribution is -2.56. The van der Waals surface area contributed by atoms with Gasteiger partial charge >= 0.3 is 0 Å². The van der Waals surface area contributed by atoms with Crippen LogP contribution in [0.2, 0.25) is 0 Å². The van der Waals surface area contributed by atoms with Crippen LogP contribution in [0.15, 0.2) is 18.2 Å². The van der Waals surface area contributed by atoms with Crippen molar-refractivity contribution in [2.45, 2.75) is 57.4 Å². The summed E-state index contributed by atoms with van der Waals surface area (Å²) < 4.78 is 26.9. The summed E-state index contributed by atoms with van der Waals surface area (Å²) in [6.45, 7) is 0.593. The molecule has 0 spiro atoms. The molecular formula is C22H26F2N2O2. The van der Waals surface area contributed by atoms with Crippen molar-refractivity contribution in [1.29, 1.82) is 0 Å². The van der Waals surface area contributed by atoms with E-state index in [0.717, 1.165) is 43.9 Å². The Kier molecular flexibility index (Phi) is 4.21. The highest BCUT2D eigenvalue weighted by Gasteiger charge is 2.56. The van der Waals surface area contributed by atoms with Gasteiger partial charge in [-0.15, -0.1) is 0 Å². The number of benzene rings is 1. The standard InChI is InChI=1S/C22H26F2N2O2/c23-16-7-17(24)9-18(8-16)25-20(27)19-2-1-3-26(19)21(28)22-10-13-4-14(11-22)6-15(5-13)12-22/h7-9,13-15,19H,1-6,10-12H2,(H,25,27). The van der Waals surface area contributed by atoms with Crippen molar-refractivity contribution >= 4 is 17.5 Å². The van der Waals surface area contributed by atoms with E-state index in [0.29, 0.717) is 30.7 Å². The van der Waals surface area contributed by atoms with Crippen molar-refractivity contribution < 1.29 is 18.4 Å². The van der Waals surface area contributed by atoms with Crippen LogP contribution in [0.25, 0.3) is 0 Å². The first-order valence-electron chi connectivity index (χ1n) is 10.5. The molecule has 0 radical (unpaired) electrons. The number of anilines is 1. The minimum Gasteiger partial charge on any atom is -0.330 e. The number of carbonyl (C=O) groups excluding carboxylic acids is 2. The SMILES string of the molecule is O=C(Nc1cc(F)cc(F)c1)C1CCCN1C(=O)C12CC3CC(CC(C3)C1)C2. The molecule has 1 unspecified atom stereocenters. The van der Waals surface area contributed by atoms with E-state index in [1.807, 2.05) is 0 Å². The Morgan fingerprint density at radius 3 is 2.11 bits per heavy atom. The topological polar surface area (TPSA) is 49.4 Å². The minimum atomic E-state index is -0.733. The molecule has 1 N–H and O–H groups in total. The molecule has 1 aromatic carbocycles. The van der Waals surface area contributed by atoms with Crippen molar-refractivity contribution in [3.8, 4) is 0 Å². The molecule has 5 aliphatic rings. The molecule has 5 fully saturated rings. The lowest BCUT2D eigenvalue weighted by atomic mass is 9.49. The van der Waals surface area contributed by atoms with E-state index in [1.165, 1.54) is 19.3 Å². The number of likely N-dealkylation sites (tertiary alicyclic amines) is 1. The zero-order valence-electron chi connectivity index (χ0n) is 15.9. The maximum atomic E-state index is 13.6. The van der Waals surface area contributed by atoms with E-state index < -0.39 is 17.7 Å². The van der Waals surface area contributed by atoms with Gasteiger partial charge in [-0.2, -0.15) is 0 Å². The second-order valence-corrected chi connectivity index (χ2v) is 9.50. The number of rotatable bonds is 3. The fraction of sp³-hybridized carbons (Fsp3) is 0.636. The molecule has 6 heteroatoms. The first-order valence-corrected chi connectivity index (χ1v) is 10.5. The molecule has 4 nitrogen and oxygen atoms in total. The van der Waals surface area contributed by atoms with E-state index in [9.17, 15) is 18.4 Å². The summed E-state index contributed by atoms with van der Waals surface area (Å²) in [6, 6.07) is 2.42. The lowest BCUT2D eigenvalue weighted by molar-refractivity contribution is -0.160. The smallest absolute Gasteiger partial charge is 0.247 e. The van der Waals surface area contributed by atoms with Gasteiger partial charge in [0.2, 0.25) is 11.8 Å². The highest BCUT2D eigenvalue weighted by Crippen LogP contribution is 2.60. The first-order chi connectivity index (χ1) is 13.4. The molecule has 1 saturated heterocycles. The number of nitrogens with one attached hydrogen (secondary N) is 1. The van der Waals surface area contributed by atoms with Gasteiger partial charge in [0.25, 0.3) is 0 Å². The third-order valence-electron chi connectivity index (χ3n) is 7.44. The quantitative estimate of drug-likeness (QED) is 0.847. The molecule has 4 aliphatic carbocycles. The number of amides is 2. The average molecular weight is 388 g/mol. The summed E-state index contributed by atoms with van der Waals surface area (Å²) >= 11 is 0. The highest BCUT2D eigenvalue weighted by atomic mass is 19.1. The zero-order chi connectivity index (χ0) is 19.5. The second kappa shape index (κ2) is 6.53.